The summed E-state index contributed by atoms with van der Waals surface area (Å²) in [5, 5.41) is 6.55. The van der Waals surface area contributed by atoms with Gasteiger partial charge in [-0.2, -0.15) is 0 Å². The van der Waals surface area contributed by atoms with Crippen LogP contribution in [0.4, 0.5) is 5.82 Å². The molecule has 1 aliphatic rings. The van der Waals surface area contributed by atoms with Crippen LogP contribution >= 0.6 is 0 Å². The number of aryl methyl sites for hydroxylation is 1. The first-order valence-corrected chi connectivity index (χ1v) is 4.24. The van der Waals surface area contributed by atoms with Crippen LogP contribution in [0.25, 0.3) is 0 Å². The van der Waals surface area contributed by atoms with Gasteiger partial charge in [0.2, 0.25) is 0 Å². The minimum Gasteiger partial charge on any atom is -0.365 e. The van der Waals surface area contributed by atoms with Gasteiger partial charge in [-0.25, -0.2) is 4.98 Å². The van der Waals surface area contributed by atoms with Gasteiger partial charge in [-0.3, -0.25) is 0 Å². The smallest absolute Gasteiger partial charge is 0.126 e. The van der Waals surface area contributed by atoms with Crippen molar-refractivity contribution in [2.75, 3.05) is 18.4 Å². The standard InChI is InChI=1S/C9H13N3/c1-7-2-3-11-9(4-7)12-8-5-10-6-8/h2-4,8,10H,5-6H2,1H3,(H,11,12). The van der Waals surface area contributed by atoms with Crippen molar-refractivity contribution in [3.8, 4) is 0 Å². The van der Waals surface area contributed by atoms with Gasteiger partial charge in [0.1, 0.15) is 5.82 Å². The Balaban J connectivity index is 2.02. The second kappa shape index (κ2) is 3.11. The maximum Gasteiger partial charge on any atom is 0.126 e. The number of nitrogens with one attached hydrogen (secondary N) is 2. The predicted octanol–water partition coefficient (Wildman–Crippen LogP) is 0.774. The number of hydrogen-bond acceptors (Lipinski definition) is 3. The fraction of sp³-hybridized carbons (Fsp3) is 0.444. The lowest BCUT2D eigenvalue weighted by molar-refractivity contribution is 0.471. The van der Waals surface area contributed by atoms with Crippen LogP contribution in [0.1, 0.15) is 5.56 Å². The van der Waals surface area contributed by atoms with Crippen LogP contribution in [0.2, 0.25) is 0 Å². The fourth-order valence-electron chi connectivity index (χ4n) is 1.21. The third-order valence-corrected chi connectivity index (χ3v) is 2.05. The molecule has 2 N–H and O–H groups in total. The summed E-state index contributed by atoms with van der Waals surface area (Å²) >= 11 is 0. The molecule has 1 aromatic rings. The quantitative estimate of drug-likeness (QED) is 0.676. The van der Waals surface area contributed by atoms with Gasteiger partial charge < -0.3 is 10.6 Å². The number of pyridine rings is 1. The molecule has 0 aromatic carbocycles. The van der Waals surface area contributed by atoms with Crippen molar-refractivity contribution < 1.29 is 0 Å². The van der Waals surface area contributed by atoms with Crippen LogP contribution in [-0.2, 0) is 0 Å². The molecule has 2 rings (SSSR count). The molecular formula is C9H13N3. The number of anilines is 1. The Morgan fingerprint density at radius 1 is 1.58 bits per heavy atom. The van der Waals surface area contributed by atoms with Gasteiger partial charge in [0.15, 0.2) is 0 Å². The molecule has 3 heteroatoms. The van der Waals surface area contributed by atoms with Crippen LogP contribution in [0.5, 0.6) is 0 Å². The molecule has 2 heterocycles. The highest BCUT2D eigenvalue weighted by Crippen LogP contribution is 2.08. The molecule has 12 heavy (non-hydrogen) atoms. The Labute approximate surface area is 72.2 Å². The molecule has 64 valence electrons. The minimum atomic E-state index is 0.569. The highest BCUT2D eigenvalue weighted by atomic mass is 15.1. The molecule has 0 saturated carbocycles. The second-order valence-electron chi connectivity index (χ2n) is 3.22. The third-order valence-electron chi connectivity index (χ3n) is 2.05. The largest absolute Gasteiger partial charge is 0.365 e. The van der Waals surface area contributed by atoms with Crippen LogP contribution in [0, 0.1) is 6.92 Å². The Hall–Kier alpha value is -1.09. The van der Waals surface area contributed by atoms with Crippen LogP contribution < -0.4 is 10.6 Å². The Morgan fingerprint density at radius 2 is 2.42 bits per heavy atom. The number of rotatable bonds is 2. The molecule has 0 spiro atoms. The van der Waals surface area contributed by atoms with Crippen LogP contribution in [0.3, 0.4) is 0 Å². The third kappa shape index (κ3) is 1.56. The van der Waals surface area contributed by atoms with E-state index in [1.54, 1.807) is 0 Å². The summed E-state index contributed by atoms with van der Waals surface area (Å²) in [5.41, 5.74) is 1.25. The Morgan fingerprint density at radius 3 is 3.00 bits per heavy atom. The van der Waals surface area contributed by atoms with Crippen LogP contribution in [0.15, 0.2) is 18.3 Å². The molecule has 1 saturated heterocycles. The van der Waals surface area contributed by atoms with Crippen molar-refractivity contribution in [1.29, 1.82) is 0 Å². The molecule has 3 nitrogen and oxygen atoms in total. The summed E-state index contributed by atoms with van der Waals surface area (Å²) in [6, 6.07) is 4.64. The Bertz CT molecular complexity index is 268. The Kier molecular flexibility index (Phi) is 1.96. The van der Waals surface area contributed by atoms with E-state index in [9.17, 15) is 0 Å². The summed E-state index contributed by atoms with van der Waals surface area (Å²) in [6.07, 6.45) is 1.84. The molecule has 0 atom stereocenters. The minimum absolute atomic E-state index is 0.569. The molecule has 0 radical (unpaired) electrons. The van der Waals surface area contributed by atoms with Crippen molar-refractivity contribution in [2.24, 2.45) is 0 Å². The molecule has 0 bridgehead atoms. The molecule has 0 unspecified atom stereocenters. The van der Waals surface area contributed by atoms with Crippen molar-refractivity contribution in [3.05, 3.63) is 23.9 Å². The van der Waals surface area contributed by atoms with Gasteiger partial charge >= 0.3 is 0 Å². The average Bonchev–Trinajstić information content (AvgIpc) is 1.97. The summed E-state index contributed by atoms with van der Waals surface area (Å²) < 4.78 is 0. The maximum absolute atomic E-state index is 4.22. The first kappa shape index (κ1) is 7.55. The first-order valence-electron chi connectivity index (χ1n) is 4.24. The van der Waals surface area contributed by atoms with Gasteiger partial charge in [-0.05, 0) is 24.6 Å². The lowest BCUT2D eigenvalue weighted by Gasteiger charge is -2.28. The normalized spacial score (nSPS) is 17.1. The summed E-state index contributed by atoms with van der Waals surface area (Å²) in [5.74, 6) is 0.988. The SMILES string of the molecule is Cc1ccnc(NC2CNC2)c1. The highest BCUT2D eigenvalue weighted by Gasteiger charge is 2.15. The summed E-state index contributed by atoms with van der Waals surface area (Å²) in [6.45, 7) is 4.18. The lowest BCUT2D eigenvalue weighted by atomic mass is 10.2. The van der Waals surface area contributed by atoms with E-state index in [0.29, 0.717) is 6.04 Å². The van der Waals surface area contributed by atoms with Crippen molar-refractivity contribution >= 4 is 5.82 Å². The zero-order chi connectivity index (χ0) is 8.39. The second-order valence-corrected chi connectivity index (χ2v) is 3.22. The summed E-state index contributed by atoms with van der Waals surface area (Å²) in [4.78, 5) is 4.22. The zero-order valence-corrected chi connectivity index (χ0v) is 7.17. The van der Waals surface area contributed by atoms with E-state index in [2.05, 4.69) is 28.6 Å². The summed E-state index contributed by atoms with van der Waals surface area (Å²) in [7, 11) is 0. The number of nitrogens with zero attached hydrogens (tertiary/aromatic N) is 1. The predicted molar refractivity (Wildman–Crippen MR) is 49.3 cm³/mol. The van der Waals surface area contributed by atoms with E-state index in [4.69, 9.17) is 0 Å². The molecule has 0 amide bonds. The first-order chi connectivity index (χ1) is 5.84. The van der Waals surface area contributed by atoms with Crippen molar-refractivity contribution in [2.45, 2.75) is 13.0 Å². The molecule has 1 aromatic heterocycles. The molecule has 1 aliphatic heterocycles. The van der Waals surface area contributed by atoms with Gasteiger partial charge in [-0.15, -0.1) is 0 Å². The zero-order valence-electron chi connectivity index (χ0n) is 7.17. The van der Waals surface area contributed by atoms with Crippen LogP contribution in [-0.4, -0.2) is 24.1 Å². The molecule has 0 aliphatic carbocycles. The van der Waals surface area contributed by atoms with Gasteiger partial charge in [0.25, 0.3) is 0 Å². The monoisotopic (exact) mass is 163 g/mol. The van der Waals surface area contributed by atoms with Gasteiger partial charge in [-0.1, -0.05) is 0 Å². The van der Waals surface area contributed by atoms with E-state index >= 15 is 0 Å². The van der Waals surface area contributed by atoms with Crippen molar-refractivity contribution in [3.63, 3.8) is 0 Å². The number of hydrogen-bond donors (Lipinski definition) is 2. The van der Waals surface area contributed by atoms with E-state index in [-0.39, 0.29) is 0 Å². The topological polar surface area (TPSA) is 37.0 Å². The van der Waals surface area contributed by atoms with Crippen molar-refractivity contribution in [1.82, 2.24) is 10.3 Å². The van der Waals surface area contributed by atoms with E-state index < -0.39 is 0 Å². The van der Waals surface area contributed by atoms with Gasteiger partial charge in [0.05, 0.1) is 6.04 Å². The number of aromatic nitrogens is 1. The molecular weight excluding hydrogens is 150 g/mol. The highest BCUT2D eigenvalue weighted by molar-refractivity contribution is 5.38. The maximum atomic E-state index is 4.22. The fourth-order valence-corrected chi connectivity index (χ4v) is 1.21. The lowest BCUT2D eigenvalue weighted by Crippen LogP contribution is -2.51. The van der Waals surface area contributed by atoms with E-state index in [1.807, 2.05) is 12.3 Å². The molecule has 1 fully saturated rings. The van der Waals surface area contributed by atoms with E-state index in [0.717, 1.165) is 18.9 Å². The average molecular weight is 163 g/mol. The van der Waals surface area contributed by atoms with E-state index in [1.165, 1.54) is 5.56 Å². The van der Waals surface area contributed by atoms with Gasteiger partial charge in [0, 0.05) is 19.3 Å².